The Labute approximate surface area is 151 Å². The molecule has 5 heteroatoms. The molecule has 24 heavy (non-hydrogen) atoms. The molecule has 4 nitrogen and oxygen atoms in total. The van der Waals surface area contributed by atoms with Crippen LogP contribution in [0.25, 0.3) is 0 Å². The van der Waals surface area contributed by atoms with Gasteiger partial charge in [0, 0.05) is 12.6 Å². The second kappa shape index (κ2) is 12.3. The van der Waals surface area contributed by atoms with Crippen LogP contribution in [0.3, 0.4) is 0 Å². The zero-order valence-corrected chi connectivity index (χ0v) is 16.2. The molecule has 1 rings (SSSR count). The minimum absolute atomic E-state index is 0.582. The van der Waals surface area contributed by atoms with Crippen LogP contribution in [0, 0.1) is 13.8 Å². The number of hydrogen-bond donors (Lipinski definition) is 2. The first kappa shape index (κ1) is 21.9. The van der Waals surface area contributed by atoms with Crippen molar-refractivity contribution in [2.24, 2.45) is 0 Å². The molecule has 2 N–H and O–H groups in total. The van der Waals surface area contributed by atoms with Crippen molar-refractivity contribution in [1.82, 2.24) is 5.32 Å². The van der Waals surface area contributed by atoms with Crippen molar-refractivity contribution in [3.63, 3.8) is 0 Å². The van der Waals surface area contributed by atoms with Gasteiger partial charge in [-0.15, -0.1) is 0 Å². The maximum atomic E-state index is 10.1. The molecule has 0 saturated carbocycles. The number of carbonyl (C=O) groups excluding carboxylic acids is 1. The molecule has 0 aliphatic heterocycles. The van der Waals surface area contributed by atoms with Gasteiger partial charge in [0.1, 0.15) is 12.0 Å². The topological polar surface area (TPSA) is 50.4 Å². The average Bonchev–Trinajstić information content (AvgIpc) is 2.56. The molecule has 132 valence electrons. The largest absolute Gasteiger partial charge is 0.494 e. The Morgan fingerprint density at radius 2 is 2.00 bits per heavy atom. The predicted molar refractivity (Wildman–Crippen MR) is 107 cm³/mol. The summed E-state index contributed by atoms with van der Waals surface area (Å²) in [5.41, 5.74) is 3.92. The fourth-order valence-corrected chi connectivity index (χ4v) is 2.07. The number of allylic oxidation sites excluding steroid dienone is 4. The van der Waals surface area contributed by atoms with E-state index in [1.54, 1.807) is 20.2 Å². The van der Waals surface area contributed by atoms with Gasteiger partial charge in [0.25, 0.3) is 0 Å². The Hall–Kier alpha value is -2.14. The van der Waals surface area contributed by atoms with Gasteiger partial charge in [0.15, 0.2) is 5.11 Å². The molecule has 0 saturated heterocycles. The Kier molecular flexibility index (Phi) is 11.2. The van der Waals surface area contributed by atoms with Crippen LogP contribution in [0.1, 0.15) is 31.4 Å². The van der Waals surface area contributed by atoms with Crippen molar-refractivity contribution in [2.75, 3.05) is 19.5 Å². The van der Waals surface area contributed by atoms with E-state index >= 15 is 0 Å². The third-order valence-electron chi connectivity index (χ3n) is 3.11. The smallest absolute Gasteiger partial charge is 0.170 e. The van der Waals surface area contributed by atoms with E-state index in [-0.39, 0.29) is 0 Å². The minimum atomic E-state index is 0.582. The van der Waals surface area contributed by atoms with Gasteiger partial charge < -0.3 is 15.4 Å². The SMILES string of the molecule is C/C=C(C=O)\C=C/CC.CNC(=S)Nc1cc(C)cc(C)c1OC. The lowest BCUT2D eigenvalue weighted by atomic mass is 10.1. The molecule has 0 radical (unpaired) electrons. The second-order valence-corrected chi connectivity index (χ2v) is 5.49. The van der Waals surface area contributed by atoms with E-state index < -0.39 is 0 Å². The van der Waals surface area contributed by atoms with Gasteiger partial charge in [-0.1, -0.05) is 31.2 Å². The lowest BCUT2D eigenvalue weighted by molar-refractivity contribution is -0.104. The van der Waals surface area contributed by atoms with Crippen LogP contribution in [0.4, 0.5) is 5.69 Å². The van der Waals surface area contributed by atoms with Crippen LogP contribution in [-0.2, 0) is 4.79 Å². The maximum absolute atomic E-state index is 10.1. The molecule has 1 aromatic carbocycles. The van der Waals surface area contributed by atoms with Crippen LogP contribution in [0.2, 0.25) is 0 Å². The monoisotopic (exact) mass is 348 g/mol. The molecule has 0 fully saturated rings. The van der Waals surface area contributed by atoms with Crippen LogP contribution in [-0.4, -0.2) is 25.6 Å². The average molecular weight is 349 g/mol. The molecular weight excluding hydrogens is 320 g/mol. The molecule has 1 aromatic rings. The van der Waals surface area contributed by atoms with Crippen molar-refractivity contribution < 1.29 is 9.53 Å². The Morgan fingerprint density at radius 1 is 1.33 bits per heavy atom. The van der Waals surface area contributed by atoms with Gasteiger partial charge in [-0.25, -0.2) is 0 Å². The summed E-state index contributed by atoms with van der Waals surface area (Å²) >= 11 is 5.05. The molecule has 0 amide bonds. The summed E-state index contributed by atoms with van der Waals surface area (Å²) in [6.07, 6.45) is 7.41. The molecule has 0 aromatic heterocycles. The Morgan fingerprint density at radius 3 is 2.46 bits per heavy atom. The number of aldehydes is 1. The fourth-order valence-electron chi connectivity index (χ4n) is 1.96. The van der Waals surface area contributed by atoms with E-state index in [0.29, 0.717) is 5.11 Å². The maximum Gasteiger partial charge on any atom is 0.170 e. The Balaban J connectivity index is 0.000000506. The molecule has 0 heterocycles. The highest BCUT2D eigenvalue weighted by molar-refractivity contribution is 7.80. The number of aryl methyl sites for hydroxylation is 2. The van der Waals surface area contributed by atoms with Crippen molar-refractivity contribution in [2.45, 2.75) is 34.1 Å². The Bertz CT molecular complexity index is 608. The highest BCUT2D eigenvalue weighted by Crippen LogP contribution is 2.29. The number of methoxy groups -OCH3 is 1. The quantitative estimate of drug-likeness (QED) is 0.359. The summed E-state index contributed by atoms with van der Waals surface area (Å²) in [5, 5.41) is 6.54. The fraction of sp³-hybridized carbons (Fsp3) is 0.368. The van der Waals surface area contributed by atoms with Gasteiger partial charge in [-0.2, -0.15) is 0 Å². The first-order chi connectivity index (χ1) is 11.4. The third-order valence-corrected chi connectivity index (χ3v) is 3.42. The number of hydrogen-bond acceptors (Lipinski definition) is 3. The molecule has 0 spiro atoms. The highest BCUT2D eigenvalue weighted by atomic mass is 32.1. The van der Waals surface area contributed by atoms with E-state index in [0.717, 1.165) is 35.3 Å². The summed E-state index contributed by atoms with van der Waals surface area (Å²) in [6.45, 7) is 7.94. The van der Waals surface area contributed by atoms with Crippen molar-refractivity contribution >= 4 is 29.3 Å². The van der Waals surface area contributed by atoms with Crippen LogP contribution < -0.4 is 15.4 Å². The summed E-state index contributed by atoms with van der Waals surface area (Å²) in [6, 6.07) is 4.09. The first-order valence-corrected chi connectivity index (χ1v) is 8.26. The van der Waals surface area contributed by atoms with Gasteiger partial charge in [0.05, 0.1) is 12.8 Å². The van der Waals surface area contributed by atoms with E-state index in [1.165, 1.54) is 5.56 Å². The zero-order valence-electron chi connectivity index (χ0n) is 15.4. The van der Waals surface area contributed by atoms with Gasteiger partial charge in [0.2, 0.25) is 0 Å². The van der Waals surface area contributed by atoms with Gasteiger partial charge in [-0.05, 0) is 56.6 Å². The van der Waals surface area contributed by atoms with E-state index in [2.05, 4.69) is 16.7 Å². The molecular formula is C19H28N2O2S. The summed E-state index contributed by atoms with van der Waals surface area (Å²) in [7, 11) is 3.44. The number of ether oxygens (including phenoxy) is 1. The molecule has 0 aliphatic rings. The first-order valence-electron chi connectivity index (χ1n) is 7.85. The number of thiocarbonyl (C=S) groups is 1. The number of rotatable bonds is 5. The van der Waals surface area contributed by atoms with Crippen molar-refractivity contribution in [3.05, 3.63) is 47.1 Å². The lowest BCUT2D eigenvalue weighted by Crippen LogP contribution is -2.24. The van der Waals surface area contributed by atoms with E-state index in [4.69, 9.17) is 17.0 Å². The zero-order chi connectivity index (χ0) is 18.5. The predicted octanol–water partition coefficient (Wildman–Crippen LogP) is 4.33. The lowest BCUT2D eigenvalue weighted by Gasteiger charge is -2.14. The van der Waals surface area contributed by atoms with Gasteiger partial charge in [-0.3, -0.25) is 4.79 Å². The van der Waals surface area contributed by atoms with Crippen molar-refractivity contribution in [3.8, 4) is 5.75 Å². The summed E-state index contributed by atoms with van der Waals surface area (Å²) < 4.78 is 5.33. The molecule has 0 unspecified atom stereocenters. The number of carbonyl (C=O) groups is 1. The van der Waals surface area contributed by atoms with E-state index in [1.807, 2.05) is 45.9 Å². The number of nitrogens with one attached hydrogen (secondary N) is 2. The molecule has 0 aliphatic carbocycles. The normalized spacial score (nSPS) is 10.7. The van der Waals surface area contributed by atoms with Gasteiger partial charge >= 0.3 is 0 Å². The highest BCUT2D eigenvalue weighted by Gasteiger charge is 2.07. The van der Waals surface area contributed by atoms with Crippen molar-refractivity contribution in [1.29, 1.82) is 0 Å². The summed E-state index contributed by atoms with van der Waals surface area (Å²) in [5.74, 6) is 0.832. The van der Waals surface area contributed by atoms with E-state index in [9.17, 15) is 4.79 Å². The number of anilines is 1. The van der Waals surface area contributed by atoms with Crippen LogP contribution >= 0.6 is 12.2 Å². The molecule has 0 bridgehead atoms. The second-order valence-electron chi connectivity index (χ2n) is 5.08. The molecule has 0 atom stereocenters. The number of benzene rings is 1. The van der Waals surface area contributed by atoms with Crippen LogP contribution in [0.15, 0.2) is 35.9 Å². The summed E-state index contributed by atoms with van der Waals surface area (Å²) in [4.78, 5) is 10.1. The standard InChI is InChI=1S/C11H16N2OS.C8H12O/c1-7-5-8(2)10(14-4)9(6-7)13-11(15)12-3;1-3-5-6-8(4-2)7-9/h5-6H,1-4H3,(H2,12,13,15);4-7H,3H2,1-2H3/b;6-5-,8-4+. The minimum Gasteiger partial charge on any atom is -0.494 e. The van der Waals surface area contributed by atoms with Crippen LogP contribution in [0.5, 0.6) is 5.75 Å². The third kappa shape index (κ3) is 7.92.